The summed E-state index contributed by atoms with van der Waals surface area (Å²) in [4.78, 5) is 12.4. The minimum atomic E-state index is -0.417. The molecule has 1 aromatic carbocycles. The smallest absolute Gasteiger partial charge is 0.342 e. The third kappa shape index (κ3) is 5.15. The fourth-order valence-corrected chi connectivity index (χ4v) is 4.12. The van der Waals surface area contributed by atoms with Crippen molar-refractivity contribution in [3.05, 3.63) is 33.9 Å². The number of fused-ring (bicyclic) bond motifs is 1. The van der Waals surface area contributed by atoms with Gasteiger partial charge in [0.15, 0.2) is 0 Å². The first-order chi connectivity index (χ1) is 13.3. The van der Waals surface area contributed by atoms with Gasteiger partial charge < -0.3 is 14.2 Å². The zero-order valence-corrected chi connectivity index (χ0v) is 20.0. The quantitative estimate of drug-likeness (QED) is 0.186. The van der Waals surface area contributed by atoms with Crippen LogP contribution in [0.3, 0.4) is 0 Å². The maximum absolute atomic E-state index is 12.4. The monoisotopic (exact) mass is 515 g/mol. The van der Waals surface area contributed by atoms with Gasteiger partial charge >= 0.3 is 5.97 Å². The number of nitriles is 1. The van der Waals surface area contributed by atoms with Crippen LogP contribution in [-0.4, -0.2) is 25.4 Å². The van der Waals surface area contributed by atoms with Crippen LogP contribution in [0.25, 0.3) is 0 Å². The number of ether oxygens (including phenoxy) is 3. The zero-order valence-electron chi connectivity index (χ0n) is 17.0. The second-order valence-electron chi connectivity index (χ2n) is 7.48. The number of benzene rings is 1. The summed E-state index contributed by atoms with van der Waals surface area (Å²) in [7, 11) is 3.29. The number of carbonyl (C=O) groups is 1. The van der Waals surface area contributed by atoms with E-state index in [0.717, 1.165) is 33.8 Å². The highest BCUT2D eigenvalue weighted by Gasteiger charge is 2.33. The summed E-state index contributed by atoms with van der Waals surface area (Å²) < 4.78 is 17.0. The average molecular weight is 515 g/mol. The minimum Gasteiger partial charge on any atom is -0.496 e. The molecule has 0 atom stereocenters. The molecule has 0 bridgehead atoms. The van der Waals surface area contributed by atoms with Gasteiger partial charge in [0.05, 0.1) is 25.2 Å². The molecule has 7 heteroatoms. The fourth-order valence-electron chi connectivity index (χ4n) is 3.43. The van der Waals surface area contributed by atoms with Gasteiger partial charge in [-0.1, -0.05) is 20.6 Å². The molecule has 1 heterocycles. The Labute approximate surface area is 183 Å². The van der Waals surface area contributed by atoms with Crippen LogP contribution in [0.1, 0.15) is 54.2 Å². The first-order valence-corrected chi connectivity index (χ1v) is 12.6. The van der Waals surface area contributed by atoms with Gasteiger partial charge in [-0.3, -0.25) is 0 Å². The van der Waals surface area contributed by atoms with Crippen molar-refractivity contribution < 1.29 is 19.0 Å². The van der Waals surface area contributed by atoms with Crippen molar-refractivity contribution in [2.24, 2.45) is 5.41 Å². The summed E-state index contributed by atoms with van der Waals surface area (Å²) in [6.45, 7) is 8.57. The van der Waals surface area contributed by atoms with Crippen molar-refractivity contribution in [2.75, 3.05) is 19.5 Å². The predicted molar refractivity (Wildman–Crippen MR) is 120 cm³/mol. The molecule has 0 aliphatic carbocycles. The summed E-state index contributed by atoms with van der Waals surface area (Å²) in [6.07, 6.45) is 3.33. The number of carbonyl (C=O) groups excluding carboxylic acids is 1. The van der Waals surface area contributed by atoms with E-state index in [0.29, 0.717) is 30.8 Å². The Kier molecular flexibility index (Phi) is 8.07. The standard InChI is InChI=1S/C21H26INO4S/c1-13(10-21(3,4)12-23)6-7-15-18(25-5)14(2)16-11-27-20(24)17(16)19(15)26-8-9-28-22/h6H,7-11H2,1-5H3/b13-6+. The predicted octanol–water partition coefficient (Wildman–Crippen LogP) is 5.56. The molecule has 1 aliphatic heterocycles. The molecule has 1 aliphatic rings. The maximum atomic E-state index is 12.4. The summed E-state index contributed by atoms with van der Waals surface area (Å²) in [5.41, 5.74) is 3.83. The van der Waals surface area contributed by atoms with Gasteiger partial charge in [-0.05, 0) is 67.3 Å². The van der Waals surface area contributed by atoms with E-state index in [2.05, 4.69) is 33.4 Å². The van der Waals surface area contributed by atoms with Gasteiger partial charge in [-0.2, -0.15) is 5.26 Å². The van der Waals surface area contributed by atoms with Gasteiger partial charge in [0, 0.05) is 16.9 Å². The summed E-state index contributed by atoms with van der Waals surface area (Å²) in [6, 6.07) is 2.33. The Morgan fingerprint density at radius 1 is 1.43 bits per heavy atom. The number of hydrogen-bond acceptors (Lipinski definition) is 6. The molecule has 28 heavy (non-hydrogen) atoms. The molecule has 0 radical (unpaired) electrons. The van der Waals surface area contributed by atoms with Gasteiger partial charge in [0.2, 0.25) is 0 Å². The number of esters is 1. The highest BCUT2D eigenvalue weighted by Crippen LogP contribution is 2.43. The molecule has 1 aromatic rings. The van der Waals surface area contributed by atoms with Gasteiger partial charge in [0.1, 0.15) is 23.7 Å². The Hall–Kier alpha value is -1.40. The van der Waals surface area contributed by atoms with Crippen molar-refractivity contribution in [2.45, 2.75) is 47.1 Å². The molecule has 152 valence electrons. The molecule has 0 saturated carbocycles. The van der Waals surface area contributed by atoms with E-state index in [4.69, 9.17) is 14.2 Å². The number of methoxy groups -OCH3 is 1. The van der Waals surface area contributed by atoms with Crippen LogP contribution in [0.4, 0.5) is 0 Å². The number of cyclic esters (lactones) is 1. The molecule has 2 rings (SSSR count). The first-order valence-electron chi connectivity index (χ1n) is 9.08. The van der Waals surface area contributed by atoms with Crippen molar-refractivity contribution in [1.29, 1.82) is 5.26 Å². The lowest BCUT2D eigenvalue weighted by atomic mass is 9.87. The van der Waals surface area contributed by atoms with Gasteiger partial charge in [-0.25, -0.2) is 4.79 Å². The van der Waals surface area contributed by atoms with Crippen LogP contribution in [0.5, 0.6) is 11.5 Å². The van der Waals surface area contributed by atoms with Crippen LogP contribution < -0.4 is 9.47 Å². The molecule has 0 unspecified atom stereocenters. The van der Waals surface area contributed by atoms with Gasteiger partial charge in [-0.15, -0.1) is 0 Å². The van der Waals surface area contributed by atoms with E-state index in [1.165, 1.54) is 0 Å². The molecular weight excluding hydrogens is 489 g/mol. The topological polar surface area (TPSA) is 68.5 Å². The number of halogens is 1. The summed E-state index contributed by atoms with van der Waals surface area (Å²) >= 11 is 2.23. The Balaban J connectivity index is 2.49. The summed E-state index contributed by atoms with van der Waals surface area (Å²) in [5.74, 6) is 1.77. The summed E-state index contributed by atoms with van der Waals surface area (Å²) in [5, 5.41) is 9.28. The number of nitrogens with zero attached hydrogens (tertiary/aromatic N) is 1. The van der Waals surface area contributed by atoms with Crippen molar-refractivity contribution in [1.82, 2.24) is 0 Å². The second-order valence-corrected chi connectivity index (χ2v) is 9.98. The van der Waals surface area contributed by atoms with E-state index in [-0.39, 0.29) is 12.6 Å². The molecule has 0 spiro atoms. The van der Waals surface area contributed by atoms with E-state index in [1.54, 1.807) is 16.0 Å². The van der Waals surface area contributed by atoms with Crippen LogP contribution >= 0.6 is 30.1 Å². The Morgan fingerprint density at radius 2 is 2.14 bits per heavy atom. The fraction of sp³-hybridized carbons (Fsp3) is 0.524. The second kappa shape index (κ2) is 9.88. The normalized spacial score (nSPS) is 13.8. The Bertz CT molecular complexity index is 827. The zero-order chi connectivity index (χ0) is 20.9. The average Bonchev–Trinajstić information content (AvgIpc) is 3.03. The number of allylic oxidation sites excluding steroid dienone is 2. The molecule has 0 saturated heterocycles. The van der Waals surface area contributed by atoms with E-state index in [1.807, 2.05) is 27.7 Å². The number of rotatable bonds is 9. The number of hydrogen-bond donors (Lipinski definition) is 0. The van der Waals surface area contributed by atoms with Crippen LogP contribution in [0, 0.1) is 23.7 Å². The molecule has 0 aromatic heterocycles. The highest BCUT2D eigenvalue weighted by molar-refractivity contribution is 14.2. The molecular formula is C21H26INO4S. The maximum Gasteiger partial charge on any atom is 0.342 e. The molecule has 0 amide bonds. The largest absolute Gasteiger partial charge is 0.496 e. The van der Waals surface area contributed by atoms with Crippen molar-refractivity contribution in [3.8, 4) is 17.6 Å². The SMILES string of the molecule is COc1c(C)c2c(c(OCCSI)c1C/C=C(\C)CC(C)(C)C#N)C(=O)OC2. The highest BCUT2D eigenvalue weighted by atomic mass is 127. The van der Waals surface area contributed by atoms with Crippen molar-refractivity contribution >= 4 is 36.1 Å². The molecule has 0 N–H and O–H groups in total. The third-order valence-corrected chi connectivity index (χ3v) is 6.35. The molecule has 0 fully saturated rings. The Morgan fingerprint density at radius 3 is 2.75 bits per heavy atom. The van der Waals surface area contributed by atoms with Crippen LogP contribution in [0.2, 0.25) is 0 Å². The lowest BCUT2D eigenvalue weighted by Gasteiger charge is -2.20. The van der Waals surface area contributed by atoms with Crippen LogP contribution in [0.15, 0.2) is 11.6 Å². The first kappa shape index (κ1) is 22.9. The van der Waals surface area contributed by atoms with Crippen LogP contribution in [-0.2, 0) is 17.8 Å². The minimum absolute atomic E-state index is 0.249. The third-order valence-electron chi connectivity index (χ3n) is 4.71. The van der Waals surface area contributed by atoms with E-state index >= 15 is 0 Å². The van der Waals surface area contributed by atoms with E-state index in [9.17, 15) is 10.1 Å². The van der Waals surface area contributed by atoms with Crippen molar-refractivity contribution in [3.63, 3.8) is 0 Å². The molecule has 5 nitrogen and oxygen atoms in total. The lowest BCUT2D eigenvalue weighted by molar-refractivity contribution is 0.0532. The lowest BCUT2D eigenvalue weighted by Crippen LogP contribution is -2.11. The van der Waals surface area contributed by atoms with Gasteiger partial charge in [0.25, 0.3) is 0 Å². The van der Waals surface area contributed by atoms with E-state index < -0.39 is 5.41 Å².